The van der Waals surface area contributed by atoms with Crippen molar-refractivity contribution in [2.45, 2.75) is 26.3 Å². The molecule has 0 unspecified atom stereocenters. The molecule has 0 bridgehead atoms. The summed E-state index contributed by atoms with van der Waals surface area (Å²) in [5, 5.41) is 2.46. The lowest BCUT2D eigenvalue weighted by Crippen LogP contribution is -2.39. The van der Waals surface area contributed by atoms with Crippen LogP contribution in [0.5, 0.6) is 17.2 Å². The summed E-state index contributed by atoms with van der Waals surface area (Å²) in [6, 6.07) is 10.9. The molecule has 0 N–H and O–H groups in total. The van der Waals surface area contributed by atoms with Crippen LogP contribution in [0.3, 0.4) is 0 Å². The summed E-state index contributed by atoms with van der Waals surface area (Å²) in [5.41, 5.74) is 5.04. The molecule has 3 aromatic rings. The Morgan fingerprint density at radius 1 is 1.04 bits per heavy atom. The molecule has 25 heavy (non-hydrogen) atoms. The molecule has 2 aliphatic rings. The highest BCUT2D eigenvalue weighted by Crippen LogP contribution is 2.40. The van der Waals surface area contributed by atoms with Gasteiger partial charge in [-0.25, -0.2) is 0 Å². The first-order valence-electron chi connectivity index (χ1n) is 8.74. The SMILES string of the molecule is CCc1cc2cc3[n+](cc2cc1OC)CCc1cc2c(cc1-3)OCO2. The molecule has 1 aromatic heterocycles. The Hall–Kier alpha value is -2.75. The number of nitrogens with zero attached hydrogens (tertiary/aromatic N) is 1. The Balaban J connectivity index is 1.73. The van der Waals surface area contributed by atoms with E-state index in [4.69, 9.17) is 14.2 Å². The number of aryl methyl sites for hydroxylation is 3. The standard InChI is InChI=1S/C21H20NO3/c1-3-13-6-15-7-18-17-10-21-20(24-12-25-21)8-14(17)4-5-22(18)11-16(15)9-19(13)23-2/h6-11H,3-5,12H2,1-2H3/q+1. The van der Waals surface area contributed by atoms with Gasteiger partial charge in [-0.15, -0.1) is 0 Å². The van der Waals surface area contributed by atoms with Crippen LogP contribution in [0.4, 0.5) is 0 Å². The van der Waals surface area contributed by atoms with Gasteiger partial charge in [-0.3, -0.25) is 0 Å². The third kappa shape index (κ3) is 2.17. The lowest BCUT2D eigenvalue weighted by molar-refractivity contribution is -0.686. The molecule has 0 saturated heterocycles. The lowest BCUT2D eigenvalue weighted by Gasteiger charge is -2.17. The largest absolute Gasteiger partial charge is 0.496 e. The van der Waals surface area contributed by atoms with E-state index in [0.717, 1.165) is 36.6 Å². The topological polar surface area (TPSA) is 31.6 Å². The van der Waals surface area contributed by atoms with Gasteiger partial charge in [-0.05, 0) is 47.2 Å². The fourth-order valence-corrected chi connectivity index (χ4v) is 3.92. The molecule has 126 valence electrons. The monoisotopic (exact) mass is 334 g/mol. The molecule has 0 amide bonds. The maximum absolute atomic E-state index is 5.59. The normalized spacial score (nSPS) is 14.3. The molecular formula is C21H20NO3+. The molecular weight excluding hydrogens is 314 g/mol. The van der Waals surface area contributed by atoms with Gasteiger partial charge in [0.25, 0.3) is 0 Å². The number of hydrogen-bond acceptors (Lipinski definition) is 3. The highest BCUT2D eigenvalue weighted by molar-refractivity contribution is 5.87. The third-order valence-corrected chi connectivity index (χ3v) is 5.26. The van der Waals surface area contributed by atoms with Crippen LogP contribution in [0.2, 0.25) is 0 Å². The minimum atomic E-state index is 0.315. The lowest BCUT2D eigenvalue weighted by atomic mass is 9.94. The van der Waals surface area contributed by atoms with Crippen molar-refractivity contribution in [1.29, 1.82) is 0 Å². The molecule has 4 nitrogen and oxygen atoms in total. The Labute approximate surface area is 146 Å². The van der Waals surface area contributed by atoms with Gasteiger partial charge >= 0.3 is 0 Å². The number of hydrogen-bond donors (Lipinski definition) is 0. The molecule has 0 radical (unpaired) electrons. The van der Waals surface area contributed by atoms with Gasteiger partial charge in [-0.2, -0.15) is 4.57 Å². The van der Waals surface area contributed by atoms with Gasteiger partial charge in [-0.1, -0.05) is 6.92 Å². The van der Waals surface area contributed by atoms with E-state index in [1.807, 2.05) is 0 Å². The first kappa shape index (κ1) is 14.6. The smallest absolute Gasteiger partial charge is 0.231 e. The average Bonchev–Trinajstić information content (AvgIpc) is 3.11. The number of benzene rings is 2. The number of fused-ring (bicyclic) bond motifs is 5. The maximum Gasteiger partial charge on any atom is 0.231 e. The quantitative estimate of drug-likeness (QED) is 0.671. The first-order chi connectivity index (χ1) is 12.3. The predicted molar refractivity (Wildman–Crippen MR) is 95.3 cm³/mol. The number of methoxy groups -OCH3 is 1. The van der Waals surface area contributed by atoms with Crippen LogP contribution in [-0.2, 0) is 19.4 Å². The van der Waals surface area contributed by atoms with Crippen LogP contribution in [0.25, 0.3) is 22.0 Å². The minimum absolute atomic E-state index is 0.315. The van der Waals surface area contributed by atoms with Gasteiger partial charge in [0.2, 0.25) is 12.5 Å². The van der Waals surface area contributed by atoms with Gasteiger partial charge < -0.3 is 14.2 Å². The van der Waals surface area contributed by atoms with Gasteiger partial charge in [0.15, 0.2) is 24.2 Å². The average molecular weight is 334 g/mol. The van der Waals surface area contributed by atoms with E-state index < -0.39 is 0 Å². The van der Waals surface area contributed by atoms with Crippen molar-refractivity contribution in [2.24, 2.45) is 0 Å². The van der Waals surface area contributed by atoms with E-state index in [1.54, 1.807) is 7.11 Å². The van der Waals surface area contributed by atoms with Crippen LogP contribution < -0.4 is 18.8 Å². The Bertz CT molecular complexity index is 1010. The van der Waals surface area contributed by atoms with Gasteiger partial charge in [0, 0.05) is 17.9 Å². The molecule has 0 saturated carbocycles. The fraction of sp³-hybridized carbons (Fsp3) is 0.286. The number of ether oxygens (including phenoxy) is 3. The summed E-state index contributed by atoms with van der Waals surface area (Å²) in [6.07, 6.45) is 4.19. The van der Waals surface area contributed by atoms with Crippen molar-refractivity contribution in [3.05, 3.63) is 47.7 Å². The molecule has 0 spiro atoms. The maximum atomic E-state index is 5.59. The highest BCUT2D eigenvalue weighted by atomic mass is 16.7. The summed E-state index contributed by atoms with van der Waals surface area (Å²) in [6.45, 7) is 3.44. The van der Waals surface area contributed by atoms with Crippen molar-refractivity contribution < 1.29 is 18.8 Å². The second-order valence-corrected chi connectivity index (χ2v) is 6.61. The van der Waals surface area contributed by atoms with Crippen LogP contribution in [0, 0.1) is 0 Å². The second-order valence-electron chi connectivity index (χ2n) is 6.61. The van der Waals surface area contributed by atoms with Crippen LogP contribution in [0.15, 0.2) is 36.5 Å². The second kappa shape index (κ2) is 5.38. The van der Waals surface area contributed by atoms with E-state index in [-0.39, 0.29) is 0 Å². The molecule has 5 rings (SSSR count). The van der Waals surface area contributed by atoms with E-state index in [9.17, 15) is 0 Å². The first-order valence-corrected chi connectivity index (χ1v) is 8.74. The molecule has 2 aliphatic heterocycles. The van der Waals surface area contributed by atoms with Crippen molar-refractivity contribution in [1.82, 2.24) is 0 Å². The van der Waals surface area contributed by atoms with Crippen LogP contribution in [0.1, 0.15) is 18.1 Å². The Kier molecular flexibility index (Phi) is 3.14. The van der Waals surface area contributed by atoms with E-state index >= 15 is 0 Å². The van der Waals surface area contributed by atoms with Crippen molar-refractivity contribution in [3.63, 3.8) is 0 Å². The van der Waals surface area contributed by atoms with Gasteiger partial charge in [0.1, 0.15) is 5.75 Å². The van der Waals surface area contributed by atoms with E-state index in [2.05, 4.69) is 48.0 Å². The summed E-state index contributed by atoms with van der Waals surface area (Å²) in [5.74, 6) is 2.68. The van der Waals surface area contributed by atoms with Crippen LogP contribution in [-0.4, -0.2) is 13.9 Å². The zero-order chi connectivity index (χ0) is 17.0. The van der Waals surface area contributed by atoms with Crippen LogP contribution >= 0.6 is 0 Å². The van der Waals surface area contributed by atoms with E-state index in [1.165, 1.54) is 33.2 Å². The van der Waals surface area contributed by atoms with E-state index in [0.29, 0.717) is 6.79 Å². The summed E-state index contributed by atoms with van der Waals surface area (Å²) < 4.78 is 19.0. The molecule has 0 aliphatic carbocycles. The Morgan fingerprint density at radius 3 is 2.68 bits per heavy atom. The molecule has 2 aromatic carbocycles. The highest BCUT2D eigenvalue weighted by Gasteiger charge is 2.27. The fourth-order valence-electron chi connectivity index (χ4n) is 3.92. The van der Waals surface area contributed by atoms with Gasteiger partial charge in [0.05, 0.1) is 12.7 Å². The zero-order valence-corrected chi connectivity index (χ0v) is 14.5. The molecule has 3 heterocycles. The summed E-state index contributed by atoms with van der Waals surface area (Å²) >= 11 is 0. The number of pyridine rings is 1. The minimum Gasteiger partial charge on any atom is -0.496 e. The van der Waals surface area contributed by atoms with Crippen molar-refractivity contribution in [2.75, 3.05) is 13.9 Å². The van der Waals surface area contributed by atoms with Crippen molar-refractivity contribution in [3.8, 4) is 28.5 Å². The zero-order valence-electron chi connectivity index (χ0n) is 14.5. The molecule has 0 fully saturated rings. The predicted octanol–water partition coefficient (Wildman–Crippen LogP) is 3.65. The van der Waals surface area contributed by atoms with Crippen molar-refractivity contribution >= 4 is 10.8 Å². The molecule has 4 heteroatoms. The molecule has 0 atom stereocenters. The Morgan fingerprint density at radius 2 is 1.88 bits per heavy atom. The summed E-state index contributed by atoms with van der Waals surface area (Å²) in [7, 11) is 1.74. The number of aromatic nitrogens is 1. The summed E-state index contributed by atoms with van der Waals surface area (Å²) in [4.78, 5) is 0. The third-order valence-electron chi connectivity index (χ3n) is 5.26. The number of rotatable bonds is 2.